The van der Waals surface area contributed by atoms with Crippen molar-refractivity contribution in [2.45, 2.75) is 13.3 Å². The number of hydrogen-bond donors (Lipinski definition) is 0. The molecule has 0 aromatic heterocycles. The minimum absolute atomic E-state index is 0.0707. The molecule has 0 bridgehead atoms. The lowest BCUT2D eigenvalue weighted by Crippen LogP contribution is -2.16. The average molecular weight is 322 g/mol. The van der Waals surface area contributed by atoms with Gasteiger partial charge in [-0.2, -0.15) is 0 Å². The number of carbonyl (C=O) groups is 1. The minimum atomic E-state index is -0.395. The van der Waals surface area contributed by atoms with Crippen molar-refractivity contribution in [3.8, 4) is 0 Å². The number of Topliss-reactive ketones (excluding diaryl/α,β-unsaturated/α-hetero) is 1. The standard InChI is InChI=1S/C14H12BrNO3/c1-9-8-12(16(18)19)6-7-13(9)14(17)10-2-4-11(15)5-3-10/h2-7,9H,8H2,1H3. The van der Waals surface area contributed by atoms with Gasteiger partial charge in [-0.25, -0.2) is 0 Å². The van der Waals surface area contributed by atoms with Crippen molar-refractivity contribution in [2.24, 2.45) is 5.92 Å². The Labute approximate surface area is 119 Å². The van der Waals surface area contributed by atoms with Gasteiger partial charge in [0.2, 0.25) is 5.70 Å². The predicted molar refractivity (Wildman–Crippen MR) is 75.4 cm³/mol. The Hall–Kier alpha value is -1.75. The molecule has 98 valence electrons. The van der Waals surface area contributed by atoms with E-state index in [1.54, 1.807) is 30.3 Å². The number of nitro groups is 1. The molecule has 5 heteroatoms. The van der Waals surface area contributed by atoms with Crippen molar-refractivity contribution in [2.75, 3.05) is 0 Å². The zero-order chi connectivity index (χ0) is 14.0. The van der Waals surface area contributed by atoms with Gasteiger partial charge in [0, 0.05) is 28.1 Å². The quantitative estimate of drug-likeness (QED) is 0.484. The first-order valence-electron chi connectivity index (χ1n) is 5.84. The third kappa shape index (κ3) is 2.98. The van der Waals surface area contributed by atoms with Gasteiger partial charge in [0.15, 0.2) is 5.78 Å². The van der Waals surface area contributed by atoms with Gasteiger partial charge in [-0.15, -0.1) is 0 Å². The van der Waals surface area contributed by atoms with Crippen LogP contribution in [0, 0.1) is 16.0 Å². The lowest BCUT2D eigenvalue weighted by atomic mass is 9.86. The monoisotopic (exact) mass is 321 g/mol. The van der Waals surface area contributed by atoms with Gasteiger partial charge >= 0.3 is 0 Å². The molecule has 0 radical (unpaired) electrons. The third-order valence-electron chi connectivity index (χ3n) is 3.10. The Bertz CT molecular complexity index is 587. The molecule has 0 amide bonds. The van der Waals surface area contributed by atoms with E-state index in [-0.39, 0.29) is 17.4 Å². The van der Waals surface area contributed by atoms with E-state index in [1.165, 1.54) is 6.08 Å². The molecule has 0 heterocycles. The molecule has 4 nitrogen and oxygen atoms in total. The maximum Gasteiger partial charge on any atom is 0.246 e. The second-order valence-electron chi connectivity index (χ2n) is 4.48. The number of carbonyl (C=O) groups excluding carboxylic acids is 1. The van der Waals surface area contributed by atoms with Crippen LogP contribution in [0.15, 0.2) is 52.2 Å². The highest BCUT2D eigenvalue weighted by atomic mass is 79.9. The summed E-state index contributed by atoms with van der Waals surface area (Å²) in [5.74, 6) is -0.208. The number of ketones is 1. The summed E-state index contributed by atoms with van der Waals surface area (Å²) in [6.07, 6.45) is 3.28. The Balaban J connectivity index is 2.29. The molecule has 1 aromatic rings. The summed E-state index contributed by atoms with van der Waals surface area (Å²) in [5.41, 5.74) is 1.37. The highest BCUT2D eigenvalue weighted by Crippen LogP contribution is 2.28. The summed E-state index contributed by atoms with van der Waals surface area (Å²) < 4.78 is 0.908. The van der Waals surface area contributed by atoms with Crippen molar-refractivity contribution in [3.63, 3.8) is 0 Å². The summed E-state index contributed by atoms with van der Waals surface area (Å²) in [6.45, 7) is 1.83. The largest absolute Gasteiger partial charge is 0.289 e. The first-order chi connectivity index (χ1) is 8.99. The van der Waals surface area contributed by atoms with E-state index in [1.807, 2.05) is 6.92 Å². The number of halogens is 1. The number of rotatable bonds is 3. The molecule has 0 N–H and O–H groups in total. The van der Waals surface area contributed by atoms with E-state index >= 15 is 0 Å². The van der Waals surface area contributed by atoms with E-state index in [2.05, 4.69) is 15.9 Å². The number of allylic oxidation sites excluding steroid dienone is 4. The Morgan fingerprint density at radius 2 is 1.95 bits per heavy atom. The second-order valence-corrected chi connectivity index (χ2v) is 5.39. The van der Waals surface area contributed by atoms with E-state index in [0.29, 0.717) is 17.6 Å². The fourth-order valence-electron chi connectivity index (χ4n) is 2.04. The summed E-state index contributed by atoms with van der Waals surface area (Å²) in [7, 11) is 0. The van der Waals surface area contributed by atoms with Gasteiger partial charge in [-0.05, 0) is 36.3 Å². The van der Waals surface area contributed by atoms with Gasteiger partial charge < -0.3 is 0 Å². The molecule has 0 saturated heterocycles. The van der Waals surface area contributed by atoms with Gasteiger partial charge in [-0.3, -0.25) is 14.9 Å². The van der Waals surface area contributed by atoms with Crippen LogP contribution in [0.4, 0.5) is 0 Å². The topological polar surface area (TPSA) is 60.2 Å². The molecule has 0 aliphatic heterocycles. The van der Waals surface area contributed by atoms with Crippen LogP contribution in [-0.4, -0.2) is 10.7 Å². The molecule has 1 aliphatic carbocycles. The van der Waals surface area contributed by atoms with Crippen molar-refractivity contribution in [3.05, 3.63) is 67.8 Å². The third-order valence-corrected chi connectivity index (χ3v) is 3.63. The van der Waals surface area contributed by atoms with E-state index < -0.39 is 4.92 Å². The highest BCUT2D eigenvalue weighted by Gasteiger charge is 2.26. The maximum atomic E-state index is 12.3. The van der Waals surface area contributed by atoms with Crippen LogP contribution in [-0.2, 0) is 0 Å². The molecular formula is C14H12BrNO3. The molecule has 1 aliphatic rings. The average Bonchev–Trinajstić information content (AvgIpc) is 2.38. The highest BCUT2D eigenvalue weighted by molar-refractivity contribution is 9.10. The van der Waals surface area contributed by atoms with Gasteiger partial charge in [0.1, 0.15) is 0 Å². The zero-order valence-electron chi connectivity index (χ0n) is 10.3. The fraction of sp³-hybridized carbons (Fsp3) is 0.214. The molecule has 1 unspecified atom stereocenters. The molecule has 0 fully saturated rings. The maximum absolute atomic E-state index is 12.3. The zero-order valence-corrected chi connectivity index (χ0v) is 11.9. The molecular weight excluding hydrogens is 310 g/mol. The van der Waals surface area contributed by atoms with Crippen LogP contribution in [0.2, 0.25) is 0 Å². The van der Waals surface area contributed by atoms with Crippen LogP contribution in [0.25, 0.3) is 0 Å². The molecule has 0 spiro atoms. The molecule has 1 aromatic carbocycles. The fourth-order valence-corrected chi connectivity index (χ4v) is 2.31. The van der Waals surface area contributed by atoms with Crippen molar-refractivity contribution in [1.29, 1.82) is 0 Å². The first kappa shape index (κ1) is 13.7. The summed E-state index contributed by atoms with van der Waals surface area (Å²) in [5, 5.41) is 10.7. The van der Waals surface area contributed by atoms with Crippen molar-refractivity contribution < 1.29 is 9.72 Å². The second kappa shape index (κ2) is 5.48. The Kier molecular flexibility index (Phi) is 3.95. The van der Waals surface area contributed by atoms with Crippen LogP contribution in [0.1, 0.15) is 23.7 Å². The Morgan fingerprint density at radius 1 is 1.32 bits per heavy atom. The summed E-state index contributed by atoms with van der Waals surface area (Å²) in [6, 6.07) is 7.10. The predicted octanol–water partition coefficient (Wildman–Crippen LogP) is 3.76. The van der Waals surface area contributed by atoms with Crippen molar-refractivity contribution in [1.82, 2.24) is 0 Å². The van der Waals surface area contributed by atoms with Crippen LogP contribution in [0.5, 0.6) is 0 Å². The van der Waals surface area contributed by atoms with Crippen molar-refractivity contribution >= 4 is 21.7 Å². The van der Waals surface area contributed by atoms with Crippen LogP contribution < -0.4 is 0 Å². The number of benzene rings is 1. The smallest absolute Gasteiger partial charge is 0.246 e. The Morgan fingerprint density at radius 3 is 2.47 bits per heavy atom. The summed E-state index contributed by atoms with van der Waals surface area (Å²) >= 11 is 3.32. The van der Waals surface area contributed by atoms with Crippen LogP contribution in [0.3, 0.4) is 0 Å². The van der Waals surface area contributed by atoms with Gasteiger partial charge in [0.05, 0.1) is 4.92 Å². The number of nitrogens with zero attached hydrogens (tertiary/aromatic N) is 1. The van der Waals surface area contributed by atoms with E-state index in [9.17, 15) is 14.9 Å². The van der Waals surface area contributed by atoms with E-state index in [0.717, 1.165) is 4.47 Å². The normalized spacial score (nSPS) is 18.5. The SMILES string of the molecule is CC1CC([N+](=O)[O-])=CC=C1C(=O)c1ccc(Br)cc1. The van der Waals surface area contributed by atoms with Gasteiger partial charge in [0.25, 0.3) is 0 Å². The number of hydrogen-bond acceptors (Lipinski definition) is 3. The molecule has 0 saturated carbocycles. The molecule has 2 rings (SSSR count). The molecule has 1 atom stereocenters. The molecule has 19 heavy (non-hydrogen) atoms. The minimum Gasteiger partial charge on any atom is -0.289 e. The lowest BCUT2D eigenvalue weighted by Gasteiger charge is -2.16. The summed E-state index contributed by atoms with van der Waals surface area (Å²) in [4.78, 5) is 22.6. The lowest BCUT2D eigenvalue weighted by molar-refractivity contribution is -0.428. The van der Waals surface area contributed by atoms with E-state index in [4.69, 9.17) is 0 Å². The van der Waals surface area contributed by atoms with Gasteiger partial charge in [-0.1, -0.05) is 22.9 Å². The first-order valence-corrected chi connectivity index (χ1v) is 6.63. The van der Waals surface area contributed by atoms with Crippen LogP contribution >= 0.6 is 15.9 Å².